The van der Waals surface area contributed by atoms with Crippen molar-refractivity contribution >= 4 is 34.4 Å². The van der Waals surface area contributed by atoms with E-state index in [0.717, 1.165) is 32.0 Å². The second-order valence-electron chi connectivity index (χ2n) is 11.6. The topological polar surface area (TPSA) is 151 Å². The number of benzene rings is 1. The van der Waals surface area contributed by atoms with E-state index >= 15 is 4.39 Å². The second kappa shape index (κ2) is 12.4. The minimum absolute atomic E-state index is 0.0271. The highest BCUT2D eigenvalue weighted by molar-refractivity contribution is 6.30. The van der Waals surface area contributed by atoms with Gasteiger partial charge in [0, 0.05) is 62.5 Å². The van der Waals surface area contributed by atoms with Crippen LogP contribution in [0.5, 0.6) is 5.75 Å². The van der Waals surface area contributed by atoms with E-state index in [1.807, 2.05) is 11.9 Å². The normalized spacial score (nSPS) is 19.0. The molecule has 0 spiro atoms. The van der Waals surface area contributed by atoms with Gasteiger partial charge in [-0.3, -0.25) is 19.0 Å². The van der Waals surface area contributed by atoms with Crippen LogP contribution in [0.2, 0.25) is 0 Å². The SMILES string of the molecule is CN1CCN(C2=CC(NC(=O)Cn3cc(-c4cc(C(N)=O)c(O)c(F)c4F)c4c(=O)n5c(nc43)CCCCC5)=C(Cl)C(F)N2)CC1. The molecular weight excluding hydrogens is 629 g/mol. The zero-order valence-corrected chi connectivity index (χ0v) is 25.6. The zero-order valence-electron chi connectivity index (χ0n) is 24.9. The lowest BCUT2D eigenvalue weighted by atomic mass is 10.0. The number of alkyl halides is 1. The van der Waals surface area contributed by atoms with Crippen molar-refractivity contribution in [3.05, 3.63) is 68.3 Å². The van der Waals surface area contributed by atoms with Crippen LogP contribution in [-0.4, -0.2) is 80.4 Å². The molecule has 5 N–H and O–H groups in total. The molecule has 5 heterocycles. The molecular formula is C30H32ClF3N8O4. The van der Waals surface area contributed by atoms with Crippen LogP contribution in [0.1, 0.15) is 35.4 Å². The Morgan fingerprint density at radius 3 is 2.59 bits per heavy atom. The molecule has 6 rings (SSSR count). The lowest BCUT2D eigenvalue weighted by Gasteiger charge is -2.37. The summed E-state index contributed by atoms with van der Waals surface area (Å²) in [6.45, 7) is 2.69. The Kier molecular flexibility index (Phi) is 8.46. The Labute approximate surface area is 265 Å². The molecule has 244 valence electrons. The summed E-state index contributed by atoms with van der Waals surface area (Å²) in [5.74, 6) is -5.44. The van der Waals surface area contributed by atoms with Crippen LogP contribution in [0.3, 0.4) is 0 Å². The first-order valence-electron chi connectivity index (χ1n) is 14.8. The molecule has 16 heteroatoms. The van der Waals surface area contributed by atoms with Gasteiger partial charge in [-0.15, -0.1) is 0 Å². The number of nitrogens with one attached hydrogen (secondary N) is 2. The smallest absolute Gasteiger partial charge is 0.263 e. The van der Waals surface area contributed by atoms with Crippen molar-refractivity contribution in [3.63, 3.8) is 0 Å². The van der Waals surface area contributed by atoms with Crippen LogP contribution in [0, 0.1) is 11.6 Å². The van der Waals surface area contributed by atoms with Crippen LogP contribution in [0.15, 0.2) is 39.7 Å². The fraction of sp³-hybridized carbons (Fsp3) is 0.400. The molecule has 0 aliphatic carbocycles. The number of nitrogens with two attached hydrogens (primary N) is 1. The maximum atomic E-state index is 15.3. The molecule has 1 fully saturated rings. The molecule has 1 unspecified atom stereocenters. The maximum absolute atomic E-state index is 15.3. The first kappa shape index (κ1) is 31.5. The third-order valence-electron chi connectivity index (χ3n) is 8.54. The van der Waals surface area contributed by atoms with Gasteiger partial charge in [0.1, 0.15) is 23.8 Å². The quantitative estimate of drug-likeness (QED) is 0.294. The van der Waals surface area contributed by atoms with Gasteiger partial charge in [0.05, 0.1) is 21.7 Å². The standard InChI is InChI=1S/C30H32ClF3N8O4/c1-39-7-9-40(10-8-39)20-12-18(23(31)27(34)37-20)36-21(43)14-41-13-17(15-11-16(28(35)45)26(44)25(33)24(15)32)22-29(41)38-19-5-3-2-4-6-42(19)30(22)46/h11-13,27,37,44H,2-10,14H2,1H3,(H2,35,45)(H,36,43). The number of aromatic hydroxyl groups is 1. The number of rotatable bonds is 6. The number of dihydropyridines is 1. The Hall–Kier alpha value is -4.50. The van der Waals surface area contributed by atoms with Gasteiger partial charge in [-0.05, 0) is 26.0 Å². The average Bonchev–Trinajstić information content (AvgIpc) is 3.19. The number of aryl methyl sites for hydroxylation is 1. The summed E-state index contributed by atoms with van der Waals surface area (Å²) in [7, 11) is 1.99. The molecule has 3 aliphatic rings. The molecule has 2 aromatic heterocycles. The number of hydrogen-bond donors (Lipinski definition) is 4. The molecule has 3 aromatic rings. The number of halogens is 4. The van der Waals surface area contributed by atoms with Crippen LogP contribution < -0.4 is 21.9 Å². The summed E-state index contributed by atoms with van der Waals surface area (Å²) >= 11 is 6.25. The van der Waals surface area contributed by atoms with Crippen molar-refractivity contribution in [2.45, 2.75) is 45.1 Å². The highest BCUT2D eigenvalue weighted by atomic mass is 35.5. The molecule has 46 heavy (non-hydrogen) atoms. The van der Waals surface area contributed by atoms with E-state index in [0.29, 0.717) is 44.1 Å². The molecule has 2 amide bonds. The Balaban J connectivity index is 1.41. The monoisotopic (exact) mass is 660 g/mol. The Morgan fingerprint density at radius 2 is 1.87 bits per heavy atom. The molecule has 0 saturated carbocycles. The minimum Gasteiger partial charge on any atom is -0.504 e. The fourth-order valence-corrected chi connectivity index (χ4v) is 6.19. The molecule has 1 saturated heterocycles. The van der Waals surface area contributed by atoms with Crippen molar-refractivity contribution in [2.24, 2.45) is 5.73 Å². The summed E-state index contributed by atoms with van der Waals surface area (Å²) < 4.78 is 47.8. The van der Waals surface area contributed by atoms with E-state index in [2.05, 4.69) is 20.5 Å². The number of nitrogens with zero attached hydrogens (tertiary/aromatic N) is 5. The van der Waals surface area contributed by atoms with E-state index in [-0.39, 0.29) is 27.3 Å². The maximum Gasteiger partial charge on any atom is 0.263 e. The summed E-state index contributed by atoms with van der Waals surface area (Å²) in [5, 5.41) is 15.0. The van der Waals surface area contributed by atoms with E-state index in [1.54, 1.807) is 6.08 Å². The lowest BCUT2D eigenvalue weighted by Crippen LogP contribution is -2.49. The predicted molar refractivity (Wildman–Crippen MR) is 163 cm³/mol. The van der Waals surface area contributed by atoms with E-state index in [9.17, 15) is 28.3 Å². The van der Waals surface area contributed by atoms with Gasteiger partial charge in [-0.1, -0.05) is 18.0 Å². The number of allylic oxidation sites excluding steroid dienone is 1. The van der Waals surface area contributed by atoms with Gasteiger partial charge in [-0.25, -0.2) is 13.8 Å². The van der Waals surface area contributed by atoms with Crippen molar-refractivity contribution in [2.75, 3.05) is 33.2 Å². The number of primary amides is 1. The van der Waals surface area contributed by atoms with Gasteiger partial charge in [0.2, 0.25) is 18.0 Å². The molecule has 3 aliphatic heterocycles. The highest BCUT2D eigenvalue weighted by Gasteiger charge is 2.29. The van der Waals surface area contributed by atoms with Crippen LogP contribution >= 0.6 is 11.6 Å². The van der Waals surface area contributed by atoms with Crippen LogP contribution in [0.25, 0.3) is 22.2 Å². The van der Waals surface area contributed by atoms with Crippen molar-refractivity contribution < 1.29 is 27.9 Å². The largest absolute Gasteiger partial charge is 0.504 e. The summed E-state index contributed by atoms with van der Waals surface area (Å²) in [4.78, 5) is 48.0. The van der Waals surface area contributed by atoms with Crippen molar-refractivity contribution in [1.29, 1.82) is 0 Å². The number of likely N-dealkylation sites (N-methyl/N-ethyl adjacent to an activating group) is 1. The van der Waals surface area contributed by atoms with Gasteiger partial charge in [0.15, 0.2) is 11.6 Å². The van der Waals surface area contributed by atoms with Gasteiger partial charge in [-0.2, -0.15) is 4.39 Å². The molecule has 1 aromatic carbocycles. The number of piperazine rings is 1. The summed E-state index contributed by atoms with van der Waals surface area (Å²) in [6, 6.07) is 0.858. The predicted octanol–water partition coefficient (Wildman–Crippen LogP) is 2.23. The third-order valence-corrected chi connectivity index (χ3v) is 8.94. The van der Waals surface area contributed by atoms with E-state index in [1.165, 1.54) is 15.3 Å². The van der Waals surface area contributed by atoms with Crippen molar-refractivity contribution in [1.82, 2.24) is 34.6 Å². The number of carbonyl (C=O) groups excluding carboxylic acids is 2. The summed E-state index contributed by atoms with van der Waals surface area (Å²) in [6.07, 6.45) is 3.85. The van der Waals surface area contributed by atoms with E-state index in [4.69, 9.17) is 17.3 Å². The van der Waals surface area contributed by atoms with Crippen LogP contribution in [-0.2, 0) is 24.3 Å². The average molecular weight is 661 g/mol. The Morgan fingerprint density at radius 1 is 1.13 bits per heavy atom. The van der Waals surface area contributed by atoms with Crippen molar-refractivity contribution in [3.8, 4) is 16.9 Å². The van der Waals surface area contributed by atoms with Crippen LogP contribution in [0.4, 0.5) is 13.2 Å². The third kappa shape index (κ3) is 5.68. The van der Waals surface area contributed by atoms with Gasteiger partial charge in [0.25, 0.3) is 11.5 Å². The van der Waals surface area contributed by atoms with Gasteiger partial charge < -0.3 is 35.8 Å². The number of phenols is 1. The molecule has 12 nitrogen and oxygen atoms in total. The van der Waals surface area contributed by atoms with Gasteiger partial charge >= 0.3 is 0 Å². The number of hydrogen-bond acceptors (Lipinski definition) is 8. The summed E-state index contributed by atoms with van der Waals surface area (Å²) in [5.41, 5.74) is 3.47. The lowest BCUT2D eigenvalue weighted by molar-refractivity contribution is -0.120. The zero-order chi connectivity index (χ0) is 32.9. The molecule has 0 radical (unpaired) electrons. The number of aromatic nitrogens is 3. The first-order chi connectivity index (χ1) is 21.9. The number of amides is 2. The number of fused-ring (bicyclic) bond motifs is 2. The fourth-order valence-electron chi connectivity index (χ4n) is 6.03. The minimum atomic E-state index is -1.76. The number of carbonyl (C=O) groups is 2. The Bertz CT molecular complexity index is 1880. The van der Waals surface area contributed by atoms with E-state index < -0.39 is 58.7 Å². The highest BCUT2D eigenvalue weighted by Crippen LogP contribution is 2.36. The first-order valence-corrected chi connectivity index (χ1v) is 15.2. The molecule has 0 bridgehead atoms. The molecule has 1 atom stereocenters. The second-order valence-corrected chi connectivity index (χ2v) is 12.0.